The van der Waals surface area contributed by atoms with Gasteiger partial charge < -0.3 is 20.2 Å². The van der Waals surface area contributed by atoms with Crippen LogP contribution in [0.5, 0.6) is 5.75 Å². The van der Waals surface area contributed by atoms with Crippen molar-refractivity contribution in [1.29, 1.82) is 0 Å². The summed E-state index contributed by atoms with van der Waals surface area (Å²) >= 11 is 0. The minimum Gasteiger partial charge on any atom is -0.489 e. The van der Waals surface area contributed by atoms with Gasteiger partial charge in [-0.25, -0.2) is 0 Å². The Balaban J connectivity index is 2.45. The molecule has 90 valence electrons. The van der Waals surface area contributed by atoms with E-state index in [1.165, 1.54) is 19.3 Å². The smallest absolute Gasteiger partial charge is 0.380 e. The number of nitro groups is 1. The standard InChI is InChI=1S/C10H11N3O4/c1-11-10(14)8-7(17-6-2-3-6)4-5-12-9(8)13(15)16/h4-6H,2-3H2,1H3,(H,11,14). The molecule has 1 aromatic rings. The van der Waals surface area contributed by atoms with Crippen molar-refractivity contribution in [3.8, 4) is 5.75 Å². The number of nitrogens with zero attached hydrogens (tertiary/aromatic N) is 2. The number of amides is 1. The molecule has 0 saturated heterocycles. The van der Waals surface area contributed by atoms with Crippen molar-refractivity contribution in [3.05, 3.63) is 27.9 Å². The van der Waals surface area contributed by atoms with E-state index in [0.717, 1.165) is 12.8 Å². The van der Waals surface area contributed by atoms with Crippen LogP contribution in [-0.4, -0.2) is 29.0 Å². The Labute approximate surface area is 96.9 Å². The van der Waals surface area contributed by atoms with Crippen LogP contribution in [0.25, 0.3) is 0 Å². The van der Waals surface area contributed by atoms with Gasteiger partial charge in [-0.05, 0) is 22.7 Å². The molecule has 0 aromatic carbocycles. The number of hydrogen-bond acceptors (Lipinski definition) is 5. The third kappa shape index (κ3) is 2.32. The van der Waals surface area contributed by atoms with Gasteiger partial charge in [0, 0.05) is 13.1 Å². The Morgan fingerprint density at radius 3 is 2.88 bits per heavy atom. The molecule has 17 heavy (non-hydrogen) atoms. The summed E-state index contributed by atoms with van der Waals surface area (Å²) in [7, 11) is 1.40. The lowest BCUT2D eigenvalue weighted by Crippen LogP contribution is -2.21. The molecule has 0 unspecified atom stereocenters. The maximum Gasteiger partial charge on any atom is 0.380 e. The van der Waals surface area contributed by atoms with Gasteiger partial charge in [-0.3, -0.25) is 4.79 Å². The van der Waals surface area contributed by atoms with E-state index in [0.29, 0.717) is 0 Å². The molecule has 0 radical (unpaired) electrons. The molecule has 0 aliphatic heterocycles. The highest BCUT2D eigenvalue weighted by Crippen LogP contribution is 2.32. The summed E-state index contributed by atoms with van der Waals surface area (Å²) in [4.78, 5) is 25.3. The summed E-state index contributed by atoms with van der Waals surface area (Å²) in [5.74, 6) is -0.837. The number of rotatable bonds is 4. The van der Waals surface area contributed by atoms with E-state index in [2.05, 4.69) is 10.3 Å². The molecule has 0 spiro atoms. The van der Waals surface area contributed by atoms with Crippen molar-refractivity contribution in [3.63, 3.8) is 0 Å². The van der Waals surface area contributed by atoms with Crippen molar-refractivity contribution in [1.82, 2.24) is 10.3 Å². The number of hydrogen-bond donors (Lipinski definition) is 1. The van der Waals surface area contributed by atoms with Gasteiger partial charge in [-0.1, -0.05) is 0 Å². The summed E-state index contributed by atoms with van der Waals surface area (Å²) in [5.41, 5.74) is -0.119. The average molecular weight is 237 g/mol. The fourth-order valence-corrected chi connectivity index (χ4v) is 1.37. The summed E-state index contributed by atoms with van der Waals surface area (Å²) in [6.45, 7) is 0. The predicted molar refractivity (Wildman–Crippen MR) is 57.9 cm³/mol. The van der Waals surface area contributed by atoms with Gasteiger partial charge in [0.05, 0.1) is 6.10 Å². The van der Waals surface area contributed by atoms with Crippen molar-refractivity contribution in [2.75, 3.05) is 7.05 Å². The van der Waals surface area contributed by atoms with Crippen LogP contribution >= 0.6 is 0 Å². The van der Waals surface area contributed by atoms with Gasteiger partial charge in [0.1, 0.15) is 11.9 Å². The normalized spacial score (nSPS) is 14.2. The molecule has 1 N–H and O–H groups in total. The SMILES string of the molecule is CNC(=O)c1c(OC2CC2)ccnc1[N+](=O)[O-]. The number of carbonyl (C=O) groups is 1. The highest BCUT2D eigenvalue weighted by Gasteiger charge is 2.30. The molecule has 1 amide bonds. The van der Waals surface area contributed by atoms with Gasteiger partial charge in [0.15, 0.2) is 5.56 Å². The van der Waals surface area contributed by atoms with Crippen LogP contribution in [0.2, 0.25) is 0 Å². The first-order valence-corrected chi connectivity index (χ1v) is 5.15. The molecule has 2 rings (SSSR count). The molecular weight excluding hydrogens is 226 g/mol. The van der Waals surface area contributed by atoms with Crippen LogP contribution in [-0.2, 0) is 0 Å². The third-order valence-corrected chi connectivity index (χ3v) is 2.34. The zero-order chi connectivity index (χ0) is 12.4. The molecule has 1 aliphatic carbocycles. The Bertz CT molecular complexity index is 471. The first-order valence-electron chi connectivity index (χ1n) is 5.15. The van der Waals surface area contributed by atoms with Gasteiger partial charge in [-0.2, -0.15) is 0 Å². The highest BCUT2D eigenvalue weighted by atomic mass is 16.6. The van der Waals surface area contributed by atoms with E-state index in [-0.39, 0.29) is 17.4 Å². The monoisotopic (exact) mass is 237 g/mol. The van der Waals surface area contributed by atoms with E-state index >= 15 is 0 Å². The summed E-state index contributed by atoms with van der Waals surface area (Å²) in [5, 5.41) is 13.2. The van der Waals surface area contributed by atoms with E-state index in [1.807, 2.05) is 0 Å². The Morgan fingerprint density at radius 2 is 2.35 bits per heavy atom. The molecule has 1 saturated carbocycles. The van der Waals surface area contributed by atoms with Crippen LogP contribution in [0.1, 0.15) is 23.2 Å². The van der Waals surface area contributed by atoms with Gasteiger partial charge in [0.2, 0.25) is 0 Å². The molecule has 1 aromatic heterocycles. The third-order valence-electron chi connectivity index (χ3n) is 2.34. The van der Waals surface area contributed by atoms with Gasteiger partial charge in [-0.15, -0.1) is 0 Å². The molecule has 7 heteroatoms. The van der Waals surface area contributed by atoms with E-state index in [4.69, 9.17) is 4.74 Å². The molecule has 7 nitrogen and oxygen atoms in total. The maximum absolute atomic E-state index is 11.6. The van der Waals surface area contributed by atoms with Crippen LogP contribution in [0, 0.1) is 10.1 Å². The minimum absolute atomic E-state index is 0.0559. The molecule has 1 aliphatic rings. The van der Waals surface area contributed by atoms with Crippen LogP contribution in [0.15, 0.2) is 12.3 Å². The second-order valence-electron chi connectivity index (χ2n) is 3.66. The predicted octanol–water partition coefficient (Wildman–Crippen LogP) is 0.891. The fourth-order valence-electron chi connectivity index (χ4n) is 1.37. The first kappa shape index (κ1) is 11.3. The second kappa shape index (κ2) is 4.36. The average Bonchev–Trinajstić information content (AvgIpc) is 3.11. The largest absolute Gasteiger partial charge is 0.489 e. The first-order chi connectivity index (χ1) is 8.13. The maximum atomic E-state index is 11.6. The van der Waals surface area contributed by atoms with E-state index in [1.54, 1.807) is 0 Å². The van der Waals surface area contributed by atoms with Crippen LogP contribution < -0.4 is 10.1 Å². The van der Waals surface area contributed by atoms with Crippen molar-refractivity contribution in [2.24, 2.45) is 0 Å². The summed E-state index contributed by atoms with van der Waals surface area (Å²) in [6.07, 6.45) is 3.13. The number of carbonyl (C=O) groups excluding carboxylic acids is 1. The van der Waals surface area contributed by atoms with Crippen molar-refractivity contribution in [2.45, 2.75) is 18.9 Å². The second-order valence-corrected chi connectivity index (χ2v) is 3.66. The fraction of sp³-hybridized carbons (Fsp3) is 0.400. The summed E-state index contributed by atoms with van der Waals surface area (Å²) in [6, 6.07) is 1.47. The number of aromatic nitrogens is 1. The van der Waals surface area contributed by atoms with Crippen molar-refractivity contribution >= 4 is 11.7 Å². The lowest BCUT2D eigenvalue weighted by Gasteiger charge is -2.08. The lowest BCUT2D eigenvalue weighted by molar-refractivity contribution is -0.389. The zero-order valence-electron chi connectivity index (χ0n) is 9.17. The van der Waals surface area contributed by atoms with Crippen molar-refractivity contribution < 1.29 is 14.5 Å². The molecule has 1 heterocycles. The topological polar surface area (TPSA) is 94.4 Å². The Kier molecular flexibility index (Phi) is 2.90. The van der Waals surface area contributed by atoms with E-state index in [9.17, 15) is 14.9 Å². The van der Waals surface area contributed by atoms with Crippen LogP contribution in [0.3, 0.4) is 0 Å². The minimum atomic E-state index is -0.690. The number of nitrogens with one attached hydrogen (secondary N) is 1. The molecule has 0 atom stereocenters. The van der Waals surface area contributed by atoms with Gasteiger partial charge >= 0.3 is 5.82 Å². The highest BCUT2D eigenvalue weighted by molar-refractivity contribution is 6.00. The number of ether oxygens (including phenoxy) is 1. The summed E-state index contributed by atoms with van der Waals surface area (Å²) < 4.78 is 5.46. The Morgan fingerprint density at radius 1 is 1.65 bits per heavy atom. The number of pyridine rings is 1. The zero-order valence-corrected chi connectivity index (χ0v) is 9.17. The van der Waals surface area contributed by atoms with E-state index < -0.39 is 16.6 Å². The molecule has 1 fully saturated rings. The van der Waals surface area contributed by atoms with Crippen LogP contribution in [0.4, 0.5) is 5.82 Å². The molecule has 0 bridgehead atoms. The quantitative estimate of drug-likeness (QED) is 0.619. The molecular formula is C10H11N3O4. The lowest BCUT2D eigenvalue weighted by atomic mass is 10.2. The Hall–Kier alpha value is -2.18. The van der Waals surface area contributed by atoms with Gasteiger partial charge in [0.25, 0.3) is 5.91 Å².